The van der Waals surface area contributed by atoms with Crippen LogP contribution in [0.1, 0.15) is 50.2 Å². The highest BCUT2D eigenvalue weighted by molar-refractivity contribution is 9.10. The van der Waals surface area contributed by atoms with Crippen molar-refractivity contribution >= 4 is 15.9 Å². The van der Waals surface area contributed by atoms with Gasteiger partial charge in [-0.1, -0.05) is 41.8 Å². The molecule has 0 heterocycles. The summed E-state index contributed by atoms with van der Waals surface area (Å²) in [5, 5.41) is 3.85. The molecule has 1 nitrogen and oxygen atoms in total. The molecule has 1 aromatic rings. The number of hydrogen-bond acceptors (Lipinski definition) is 1. The molecule has 0 bridgehead atoms. The topological polar surface area (TPSA) is 12.0 Å². The lowest BCUT2D eigenvalue weighted by atomic mass is 9.82. The van der Waals surface area contributed by atoms with E-state index in [4.69, 9.17) is 0 Å². The van der Waals surface area contributed by atoms with E-state index < -0.39 is 0 Å². The summed E-state index contributed by atoms with van der Waals surface area (Å²) in [4.78, 5) is 0. The fourth-order valence-corrected chi connectivity index (χ4v) is 4.17. The van der Waals surface area contributed by atoms with Gasteiger partial charge < -0.3 is 5.32 Å². The molecule has 2 aliphatic rings. The molecule has 1 unspecified atom stereocenters. The number of aryl methyl sites for hydroxylation is 1. The van der Waals surface area contributed by atoms with Gasteiger partial charge in [0.2, 0.25) is 0 Å². The summed E-state index contributed by atoms with van der Waals surface area (Å²) in [6.45, 7) is 3.64. The maximum atomic E-state index is 3.85. The van der Waals surface area contributed by atoms with Gasteiger partial charge in [-0.2, -0.15) is 0 Å². The summed E-state index contributed by atoms with van der Waals surface area (Å²) >= 11 is 3.58. The van der Waals surface area contributed by atoms with E-state index >= 15 is 0 Å². The SMILES string of the molecule is CC1CCC(CNC2CCc3cc(Br)ccc3C2)CC1. The highest BCUT2D eigenvalue weighted by Crippen LogP contribution is 2.29. The van der Waals surface area contributed by atoms with Crippen LogP contribution in [0.25, 0.3) is 0 Å². The minimum Gasteiger partial charge on any atom is -0.313 e. The van der Waals surface area contributed by atoms with Crippen molar-refractivity contribution in [1.29, 1.82) is 0 Å². The zero-order chi connectivity index (χ0) is 13.9. The van der Waals surface area contributed by atoms with Crippen LogP contribution in [0, 0.1) is 11.8 Å². The molecule has 3 rings (SSSR count). The van der Waals surface area contributed by atoms with Crippen molar-refractivity contribution in [2.24, 2.45) is 11.8 Å². The van der Waals surface area contributed by atoms with Crippen molar-refractivity contribution in [1.82, 2.24) is 5.32 Å². The average molecular weight is 336 g/mol. The van der Waals surface area contributed by atoms with E-state index in [0.717, 1.165) is 11.8 Å². The largest absolute Gasteiger partial charge is 0.313 e. The average Bonchev–Trinajstić information content (AvgIpc) is 2.46. The third-order valence-corrected chi connectivity index (χ3v) is 5.72. The lowest BCUT2D eigenvalue weighted by molar-refractivity contribution is 0.270. The highest BCUT2D eigenvalue weighted by atomic mass is 79.9. The Balaban J connectivity index is 1.49. The second kappa shape index (κ2) is 6.62. The molecule has 0 amide bonds. The first kappa shape index (κ1) is 14.6. The second-order valence-electron chi connectivity index (χ2n) is 6.89. The van der Waals surface area contributed by atoms with Crippen molar-refractivity contribution < 1.29 is 0 Å². The van der Waals surface area contributed by atoms with E-state index in [1.54, 1.807) is 11.1 Å². The monoisotopic (exact) mass is 335 g/mol. The van der Waals surface area contributed by atoms with Gasteiger partial charge in [0.1, 0.15) is 0 Å². The lowest BCUT2D eigenvalue weighted by Gasteiger charge is -2.30. The number of fused-ring (bicyclic) bond motifs is 1. The molecule has 2 heteroatoms. The van der Waals surface area contributed by atoms with Crippen molar-refractivity contribution in [3.05, 3.63) is 33.8 Å². The number of nitrogens with one attached hydrogen (secondary N) is 1. The van der Waals surface area contributed by atoms with Crippen molar-refractivity contribution in [2.75, 3.05) is 6.54 Å². The Bertz CT molecular complexity index is 449. The summed E-state index contributed by atoms with van der Waals surface area (Å²) < 4.78 is 1.22. The van der Waals surface area contributed by atoms with Crippen LogP contribution in [0.15, 0.2) is 22.7 Å². The van der Waals surface area contributed by atoms with E-state index in [0.29, 0.717) is 6.04 Å². The molecule has 2 aliphatic carbocycles. The molecule has 1 aromatic carbocycles. The molecule has 1 saturated carbocycles. The van der Waals surface area contributed by atoms with E-state index in [9.17, 15) is 0 Å². The molecule has 0 saturated heterocycles. The van der Waals surface area contributed by atoms with Crippen molar-refractivity contribution in [3.63, 3.8) is 0 Å². The maximum absolute atomic E-state index is 3.85. The Labute approximate surface area is 131 Å². The number of hydrogen-bond donors (Lipinski definition) is 1. The molecule has 0 aliphatic heterocycles. The highest BCUT2D eigenvalue weighted by Gasteiger charge is 2.22. The van der Waals surface area contributed by atoms with Gasteiger partial charge in [-0.3, -0.25) is 0 Å². The Hall–Kier alpha value is -0.340. The standard InChI is InChI=1S/C18H26BrN/c1-13-2-4-14(5-3-13)12-20-18-9-7-15-10-17(19)8-6-16(15)11-18/h6,8,10,13-14,18,20H,2-5,7,9,11-12H2,1H3. The van der Waals surface area contributed by atoms with E-state index in [2.05, 4.69) is 46.4 Å². The molecule has 1 N–H and O–H groups in total. The molecule has 0 radical (unpaired) electrons. The smallest absolute Gasteiger partial charge is 0.0178 e. The second-order valence-corrected chi connectivity index (χ2v) is 7.80. The van der Waals surface area contributed by atoms with Crippen LogP contribution in [0.5, 0.6) is 0 Å². The Morgan fingerprint density at radius 1 is 1.10 bits per heavy atom. The van der Waals surface area contributed by atoms with Crippen LogP contribution in [-0.4, -0.2) is 12.6 Å². The zero-order valence-electron chi connectivity index (χ0n) is 12.5. The molecular formula is C18H26BrN. The summed E-state index contributed by atoms with van der Waals surface area (Å²) in [5.41, 5.74) is 3.10. The summed E-state index contributed by atoms with van der Waals surface area (Å²) in [5.74, 6) is 1.89. The Morgan fingerprint density at radius 2 is 1.90 bits per heavy atom. The van der Waals surface area contributed by atoms with E-state index in [-0.39, 0.29) is 0 Å². The molecule has 20 heavy (non-hydrogen) atoms. The Kier molecular flexibility index (Phi) is 4.83. The van der Waals surface area contributed by atoms with Gasteiger partial charge in [-0.05, 0) is 73.7 Å². The zero-order valence-corrected chi connectivity index (χ0v) is 14.1. The van der Waals surface area contributed by atoms with Gasteiger partial charge in [-0.25, -0.2) is 0 Å². The minimum atomic E-state index is 0.697. The summed E-state index contributed by atoms with van der Waals surface area (Å²) in [6, 6.07) is 7.48. The fourth-order valence-electron chi connectivity index (χ4n) is 3.76. The molecule has 0 aromatic heterocycles. The molecule has 1 fully saturated rings. The van der Waals surface area contributed by atoms with Crippen molar-refractivity contribution in [2.45, 2.75) is 57.9 Å². The molecule has 110 valence electrons. The van der Waals surface area contributed by atoms with Gasteiger partial charge in [0.15, 0.2) is 0 Å². The predicted molar refractivity (Wildman–Crippen MR) is 89.1 cm³/mol. The molecule has 1 atom stereocenters. The van der Waals surface area contributed by atoms with Gasteiger partial charge >= 0.3 is 0 Å². The normalized spacial score (nSPS) is 30.0. The first-order valence-electron chi connectivity index (χ1n) is 8.21. The van der Waals surface area contributed by atoms with E-state index in [1.165, 1.54) is 56.0 Å². The van der Waals surface area contributed by atoms with Crippen LogP contribution in [0.3, 0.4) is 0 Å². The lowest BCUT2D eigenvalue weighted by Crippen LogP contribution is -2.38. The third kappa shape index (κ3) is 3.65. The van der Waals surface area contributed by atoms with Crippen molar-refractivity contribution in [3.8, 4) is 0 Å². The summed E-state index contributed by atoms with van der Waals surface area (Å²) in [7, 11) is 0. The number of benzene rings is 1. The predicted octanol–water partition coefficient (Wildman–Crippen LogP) is 4.72. The number of halogens is 1. The first-order chi connectivity index (χ1) is 9.70. The van der Waals surface area contributed by atoms with Gasteiger partial charge in [0.05, 0.1) is 0 Å². The first-order valence-corrected chi connectivity index (χ1v) is 9.00. The van der Waals surface area contributed by atoms with Crippen LogP contribution >= 0.6 is 15.9 Å². The van der Waals surface area contributed by atoms with Crippen LogP contribution in [-0.2, 0) is 12.8 Å². The van der Waals surface area contributed by atoms with E-state index in [1.807, 2.05) is 0 Å². The molecular weight excluding hydrogens is 310 g/mol. The quantitative estimate of drug-likeness (QED) is 0.842. The van der Waals surface area contributed by atoms with Crippen LogP contribution in [0.2, 0.25) is 0 Å². The molecule has 0 spiro atoms. The number of rotatable bonds is 3. The van der Waals surface area contributed by atoms with Crippen LogP contribution < -0.4 is 5.32 Å². The maximum Gasteiger partial charge on any atom is 0.0178 e. The summed E-state index contributed by atoms with van der Waals surface area (Å²) in [6.07, 6.45) is 9.49. The Morgan fingerprint density at radius 3 is 2.70 bits per heavy atom. The van der Waals surface area contributed by atoms with Gasteiger partial charge in [0.25, 0.3) is 0 Å². The van der Waals surface area contributed by atoms with Gasteiger partial charge in [0, 0.05) is 10.5 Å². The third-order valence-electron chi connectivity index (χ3n) is 5.23. The van der Waals surface area contributed by atoms with Gasteiger partial charge in [-0.15, -0.1) is 0 Å². The van der Waals surface area contributed by atoms with Crippen LogP contribution in [0.4, 0.5) is 0 Å². The fraction of sp³-hybridized carbons (Fsp3) is 0.667. The minimum absolute atomic E-state index is 0.697.